The van der Waals surface area contributed by atoms with Crippen molar-refractivity contribution in [1.82, 2.24) is 0 Å². The number of hydrogen-bond donors (Lipinski definition) is 2. The Morgan fingerprint density at radius 1 is 1.47 bits per heavy atom. The van der Waals surface area contributed by atoms with Crippen LogP contribution in [0.15, 0.2) is 18.2 Å². The average Bonchev–Trinajstić information content (AvgIpc) is 2.18. The lowest BCUT2D eigenvalue weighted by atomic mass is 9.87. The number of nitrogens with one attached hydrogen (secondary N) is 1. The molecule has 15 heavy (non-hydrogen) atoms. The summed E-state index contributed by atoms with van der Waals surface area (Å²) >= 11 is 0. The number of hydrogen-bond acceptors (Lipinski definition) is 3. The van der Waals surface area contributed by atoms with Gasteiger partial charge in [0.1, 0.15) is 0 Å². The Bertz CT molecular complexity index is 400. The molecule has 0 spiro atoms. The summed E-state index contributed by atoms with van der Waals surface area (Å²) in [6.07, 6.45) is 2.08. The van der Waals surface area contributed by atoms with E-state index >= 15 is 0 Å². The quantitative estimate of drug-likeness (QED) is 0.766. The number of nitriles is 1. The predicted octanol–water partition coefficient (Wildman–Crippen LogP) is 1.77. The van der Waals surface area contributed by atoms with E-state index in [-0.39, 0.29) is 0 Å². The first kappa shape index (κ1) is 10.0. The molecule has 1 fully saturated rings. The molecular weight excluding hydrogens is 186 g/mol. The Labute approximate surface area is 89.9 Å². The average molecular weight is 201 g/mol. The third kappa shape index (κ3) is 2.11. The van der Waals surface area contributed by atoms with E-state index in [2.05, 4.69) is 11.4 Å². The van der Waals surface area contributed by atoms with E-state index in [4.69, 9.17) is 11.0 Å². The maximum Gasteiger partial charge on any atom is 0.0991 e. The number of nitrogens with zero attached hydrogens (tertiary/aromatic N) is 1. The molecule has 2 rings (SSSR count). The van der Waals surface area contributed by atoms with Crippen LogP contribution >= 0.6 is 0 Å². The minimum absolute atomic E-state index is 0.362. The zero-order valence-electron chi connectivity index (χ0n) is 8.83. The highest BCUT2D eigenvalue weighted by Gasteiger charge is 2.25. The fourth-order valence-corrected chi connectivity index (χ4v) is 1.89. The highest BCUT2D eigenvalue weighted by molar-refractivity contribution is 5.54. The second-order valence-electron chi connectivity index (χ2n) is 4.21. The topological polar surface area (TPSA) is 61.8 Å². The summed E-state index contributed by atoms with van der Waals surface area (Å²) < 4.78 is 0. The van der Waals surface area contributed by atoms with Crippen LogP contribution in [0.25, 0.3) is 0 Å². The molecule has 1 saturated carbocycles. The molecule has 0 heterocycles. The van der Waals surface area contributed by atoms with Gasteiger partial charge in [0.25, 0.3) is 0 Å². The summed E-state index contributed by atoms with van der Waals surface area (Å²) in [4.78, 5) is 0. The van der Waals surface area contributed by atoms with E-state index in [0.717, 1.165) is 24.1 Å². The molecule has 0 saturated heterocycles. The molecule has 0 amide bonds. The van der Waals surface area contributed by atoms with Gasteiger partial charge in [0.15, 0.2) is 0 Å². The van der Waals surface area contributed by atoms with Gasteiger partial charge in [0.2, 0.25) is 0 Å². The van der Waals surface area contributed by atoms with Crippen LogP contribution < -0.4 is 11.1 Å². The van der Waals surface area contributed by atoms with Crippen molar-refractivity contribution in [1.29, 1.82) is 5.26 Å². The molecule has 0 bridgehead atoms. The smallest absolute Gasteiger partial charge is 0.0991 e. The third-order valence-corrected chi connectivity index (χ3v) is 2.89. The summed E-state index contributed by atoms with van der Waals surface area (Å²) in [5, 5.41) is 12.2. The van der Waals surface area contributed by atoms with Gasteiger partial charge in [-0.15, -0.1) is 0 Å². The normalized spacial score (nSPS) is 24.1. The molecule has 1 aromatic carbocycles. The molecule has 3 nitrogen and oxygen atoms in total. The van der Waals surface area contributed by atoms with Crippen molar-refractivity contribution in [3.63, 3.8) is 0 Å². The molecule has 3 N–H and O–H groups in total. The van der Waals surface area contributed by atoms with E-state index in [1.54, 1.807) is 0 Å². The van der Waals surface area contributed by atoms with Crippen molar-refractivity contribution in [2.75, 3.05) is 5.32 Å². The van der Waals surface area contributed by atoms with Gasteiger partial charge in [-0.05, 0) is 43.5 Å². The van der Waals surface area contributed by atoms with Crippen molar-refractivity contribution in [3.8, 4) is 6.07 Å². The third-order valence-electron chi connectivity index (χ3n) is 2.89. The SMILES string of the molecule is Cc1cc(C#N)ccc1NC1CC(N)C1. The van der Waals surface area contributed by atoms with Crippen LogP contribution in [0.5, 0.6) is 0 Å². The predicted molar refractivity (Wildman–Crippen MR) is 60.5 cm³/mol. The lowest BCUT2D eigenvalue weighted by Crippen LogP contribution is -2.44. The molecule has 1 aromatic rings. The molecule has 1 aliphatic carbocycles. The van der Waals surface area contributed by atoms with Gasteiger partial charge in [-0.2, -0.15) is 5.26 Å². The molecule has 0 unspecified atom stereocenters. The standard InChI is InChI=1S/C12H15N3/c1-8-4-9(7-13)2-3-12(8)15-11-5-10(14)6-11/h2-4,10-11,15H,5-6,14H2,1H3. The zero-order chi connectivity index (χ0) is 10.8. The second-order valence-corrected chi connectivity index (χ2v) is 4.21. The summed E-state index contributed by atoms with van der Waals surface area (Å²) in [6, 6.07) is 8.72. The van der Waals surface area contributed by atoms with Crippen molar-refractivity contribution < 1.29 is 0 Å². The summed E-state index contributed by atoms with van der Waals surface area (Å²) in [5.41, 5.74) is 8.67. The zero-order valence-corrected chi connectivity index (χ0v) is 8.83. The fraction of sp³-hybridized carbons (Fsp3) is 0.417. The van der Waals surface area contributed by atoms with Crippen LogP contribution in [0.2, 0.25) is 0 Å². The van der Waals surface area contributed by atoms with Crippen LogP contribution in [-0.2, 0) is 0 Å². The number of anilines is 1. The van der Waals surface area contributed by atoms with Crippen LogP contribution in [0.3, 0.4) is 0 Å². The fourth-order valence-electron chi connectivity index (χ4n) is 1.89. The number of nitrogens with two attached hydrogens (primary N) is 1. The van der Waals surface area contributed by atoms with Crippen molar-refractivity contribution >= 4 is 5.69 Å². The monoisotopic (exact) mass is 201 g/mol. The van der Waals surface area contributed by atoms with Crippen LogP contribution in [0.4, 0.5) is 5.69 Å². The summed E-state index contributed by atoms with van der Waals surface area (Å²) in [7, 11) is 0. The highest BCUT2D eigenvalue weighted by Crippen LogP contribution is 2.24. The first-order valence-corrected chi connectivity index (χ1v) is 5.22. The van der Waals surface area contributed by atoms with Crippen molar-refractivity contribution in [2.24, 2.45) is 5.73 Å². The largest absolute Gasteiger partial charge is 0.382 e. The van der Waals surface area contributed by atoms with E-state index in [9.17, 15) is 0 Å². The maximum atomic E-state index is 8.74. The van der Waals surface area contributed by atoms with Gasteiger partial charge >= 0.3 is 0 Å². The Kier molecular flexibility index (Phi) is 2.61. The Morgan fingerprint density at radius 3 is 2.73 bits per heavy atom. The van der Waals surface area contributed by atoms with Crippen molar-refractivity contribution in [3.05, 3.63) is 29.3 Å². The number of aryl methyl sites for hydroxylation is 1. The van der Waals surface area contributed by atoms with E-state index in [1.165, 1.54) is 0 Å². The molecule has 0 radical (unpaired) electrons. The summed E-state index contributed by atoms with van der Waals surface area (Å²) in [6.45, 7) is 2.02. The lowest BCUT2D eigenvalue weighted by molar-refractivity contribution is 0.373. The molecule has 0 aliphatic heterocycles. The van der Waals surface area contributed by atoms with Gasteiger partial charge in [0.05, 0.1) is 11.6 Å². The van der Waals surface area contributed by atoms with Gasteiger partial charge in [-0.3, -0.25) is 0 Å². The van der Waals surface area contributed by atoms with Crippen LogP contribution in [0.1, 0.15) is 24.0 Å². The highest BCUT2D eigenvalue weighted by atomic mass is 15.0. The number of rotatable bonds is 2. The summed E-state index contributed by atoms with van der Waals surface area (Å²) in [5.74, 6) is 0. The Hall–Kier alpha value is -1.53. The minimum atomic E-state index is 0.362. The molecule has 0 atom stereocenters. The molecule has 1 aliphatic rings. The lowest BCUT2D eigenvalue weighted by Gasteiger charge is -2.34. The Morgan fingerprint density at radius 2 is 2.20 bits per heavy atom. The molecule has 0 aromatic heterocycles. The van der Waals surface area contributed by atoms with Crippen LogP contribution in [-0.4, -0.2) is 12.1 Å². The van der Waals surface area contributed by atoms with Crippen molar-refractivity contribution in [2.45, 2.75) is 31.8 Å². The number of benzene rings is 1. The molecule has 3 heteroatoms. The Balaban J connectivity index is 2.06. The van der Waals surface area contributed by atoms with E-state index in [1.807, 2.05) is 25.1 Å². The van der Waals surface area contributed by atoms with Crippen LogP contribution in [0, 0.1) is 18.3 Å². The molecular formula is C12H15N3. The van der Waals surface area contributed by atoms with E-state index < -0.39 is 0 Å². The first-order valence-electron chi connectivity index (χ1n) is 5.22. The van der Waals surface area contributed by atoms with Gasteiger partial charge < -0.3 is 11.1 Å². The van der Waals surface area contributed by atoms with Gasteiger partial charge in [-0.1, -0.05) is 0 Å². The second kappa shape index (κ2) is 3.92. The van der Waals surface area contributed by atoms with E-state index in [0.29, 0.717) is 17.6 Å². The minimum Gasteiger partial charge on any atom is -0.382 e. The van der Waals surface area contributed by atoms with Gasteiger partial charge in [-0.25, -0.2) is 0 Å². The first-order chi connectivity index (χ1) is 7.19. The maximum absolute atomic E-state index is 8.74. The molecule has 78 valence electrons. The van der Waals surface area contributed by atoms with Gasteiger partial charge in [0, 0.05) is 17.8 Å².